The Kier molecular flexibility index (Phi) is 6.12. The average molecular weight is 447 g/mol. The highest BCUT2D eigenvalue weighted by Crippen LogP contribution is 2.37. The Hall–Kier alpha value is -4.05. The van der Waals surface area contributed by atoms with E-state index in [1.807, 2.05) is 0 Å². The van der Waals surface area contributed by atoms with Crippen molar-refractivity contribution in [1.82, 2.24) is 5.32 Å². The lowest BCUT2D eigenvalue weighted by Crippen LogP contribution is -2.54. The molecule has 1 aliphatic heterocycles. The van der Waals surface area contributed by atoms with Crippen molar-refractivity contribution in [2.75, 3.05) is 18.6 Å². The number of carbonyl (C=O) groups is 4. The molecule has 0 aromatic heterocycles. The number of aliphatic carboxylic acids is 1. The molecule has 3 N–H and O–H groups in total. The first kappa shape index (κ1) is 21.7. The molecule has 10 nitrogen and oxygen atoms in total. The fourth-order valence-electron chi connectivity index (χ4n) is 2.76. The maximum Gasteiger partial charge on any atom is 0.341 e. The summed E-state index contributed by atoms with van der Waals surface area (Å²) in [6.07, 6.45) is 1.20. The van der Waals surface area contributed by atoms with Gasteiger partial charge in [-0.15, -0.1) is 0 Å². The predicted octanol–water partition coefficient (Wildman–Crippen LogP) is 2.18. The predicted molar refractivity (Wildman–Crippen MR) is 108 cm³/mol. The SMILES string of the molecule is COc1cc(C=C2C(=O)NC(=O)N(c3ccc(O)cc3)C2=O)cc(Cl)c1OCC(=O)O. The normalized spacial score (nSPS) is 15.1. The molecular weight excluding hydrogens is 432 g/mol. The van der Waals surface area contributed by atoms with E-state index in [9.17, 15) is 24.3 Å². The van der Waals surface area contributed by atoms with Gasteiger partial charge in [-0.25, -0.2) is 14.5 Å². The minimum absolute atomic E-state index is 0.0115. The van der Waals surface area contributed by atoms with Crippen LogP contribution in [-0.2, 0) is 14.4 Å². The molecule has 0 atom stereocenters. The van der Waals surface area contributed by atoms with E-state index in [4.69, 9.17) is 26.2 Å². The lowest BCUT2D eigenvalue weighted by Gasteiger charge is -2.26. The zero-order chi connectivity index (χ0) is 22.7. The number of carbonyl (C=O) groups excluding carboxylic acids is 3. The first-order chi connectivity index (χ1) is 14.7. The molecule has 0 radical (unpaired) electrons. The molecule has 0 unspecified atom stereocenters. The first-order valence-electron chi connectivity index (χ1n) is 8.64. The van der Waals surface area contributed by atoms with Crippen molar-refractivity contribution >= 4 is 47.2 Å². The van der Waals surface area contributed by atoms with Crippen molar-refractivity contribution in [3.05, 3.63) is 52.6 Å². The number of nitrogens with zero attached hydrogens (tertiary/aromatic N) is 1. The van der Waals surface area contributed by atoms with Crippen LogP contribution in [0.4, 0.5) is 10.5 Å². The van der Waals surface area contributed by atoms with Crippen LogP contribution in [0.2, 0.25) is 5.02 Å². The third-order valence-corrected chi connectivity index (χ3v) is 4.39. The highest BCUT2D eigenvalue weighted by molar-refractivity contribution is 6.39. The van der Waals surface area contributed by atoms with Gasteiger partial charge in [0.1, 0.15) is 11.3 Å². The Morgan fingerprint density at radius 3 is 2.48 bits per heavy atom. The number of imide groups is 2. The number of carboxylic acids is 1. The number of barbiturate groups is 1. The number of anilines is 1. The maximum absolute atomic E-state index is 12.9. The number of phenols is 1. The summed E-state index contributed by atoms with van der Waals surface area (Å²) in [4.78, 5) is 48.9. The molecule has 0 bridgehead atoms. The molecule has 1 fully saturated rings. The van der Waals surface area contributed by atoms with Gasteiger partial charge in [0.15, 0.2) is 18.1 Å². The number of nitrogens with one attached hydrogen (secondary N) is 1. The highest BCUT2D eigenvalue weighted by atomic mass is 35.5. The second-order valence-electron chi connectivity index (χ2n) is 6.19. The zero-order valence-electron chi connectivity index (χ0n) is 15.9. The van der Waals surface area contributed by atoms with E-state index in [0.29, 0.717) is 0 Å². The third-order valence-electron chi connectivity index (χ3n) is 4.11. The summed E-state index contributed by atoms with van der Waals surface area (Å²) in [6, 6.07) is 7.05. The number of halogens is 1. The number of urea groups is 1. The molecule has 31 heavy (non-hydrogen) atoms. The standard InChI is InChI=1S/C20H15ClN2O8/c1-30-15-8-10(7-14(21)17(15)31-9-16(25)26)6-13-18(27)22-20(29)23(19(13)28)11-2-4-12(24)5-3-11/h2-8,24H,9H2,1H3,(H,25,26)(H,22,27,29). The Labute approximate surface area is 180 Å². The lowest BCUT2D eigenvalue weighted by atomic mass is 10.1. The van der Waals surface area contributed by atoms with Crippen molar-refractivity contribution in [1.29, 1.82) is 0 Å². The number of carboxylic acid groups (broad SMARTS) is 1. The fourth-order valence-corrected chi connectivity index (χ4v) is 3.03. The van der Waals surface area contributed by atoms with E-state index in [-0.39, 0.29) is 39.1 Å². The Morgan fingerprint density at radius 1 is 1.19 bits per heavy atom. The topological polar surface area (TPSA) is 142 Å². The number of amides is 4. The minimum atomic E-state index is -1.22. The number of phenolic OH excluding ortho intramolecular Hbond substituents is 1. The van der Waals surface area contributed by atoms with Crippen molar-refractivity contribution < 1.29 is 38.9 Å². The molecule has 0 aliphatic carbocycles. The highest BCUT2D eigenvalue weighted by Gasteiger charge is 2.36. The molecule has 1 heterocycles. The van der Waals surface area contributed by atoms with Crippen LogP contribution in [0.1, 0.15) is 5.56 Å². The Balaban J connectivity index is 1.99. The van der Waals surface area contributed by atoms with Gasteiger partial charge in [-0.3, -0.25) is 14.9 Å². The summed E-state index contributed by atoms with van der Waals surface area (Å²) >= 11 is 6.15. The quantitative estimate of drug-likeness (QED) is 0.452. The van der Waals surface area contributed by atoms with Crippen LogP contribution >= 0.6 is 11.6 Å². The van der Waals surface area contributed by atoms with Crippen molar-refractivity contribution in [3.63, 3.8) is 0 Å². The minimum Gasteiger partial charge on any atom is -0.508 e. The molecule has 0 saturated carbocycles. The third kappa shape index (κ3) is 4.59. The van der Waals surface area contributed by atoms with E-state index in [2.05, 4.69) is 5.32 Å². The molecule has 2 aromatic rings. The fraction of sp³-hybridized carbons (Fsp3) is 0.100. The maximum atomic E-state index is 12.9. The number of hydrogen-bond acceptors (Lipinski definition) is 7. The summed E-state index contributed by atoms with van der Waals surface area (Å²) in [6.45, 7) is -0.652. The zero-order valence-corrected chi connectivity index (χ0v) is 16.7. The van der Waals surface area contributed by atoms with Crippen molar-refractivity contribution in [3.8, 4) is 17.2 Å². The summed E-state index contributed by atoms with van der Waals surface area (Å²) in [5.41, 5.74) is 0.0553. The van der Waals surface area contributed by atoms with Crippen molar-refractivity contribution in [2.24, 2.45) is 0 Å². The Bertz CT molecular complexity index is 1110. The van der Waals surface area contributed by atoms with Gasteiger partial charge in [0.05, 0.1) is 17.8 Å². The van der Waals surface area contributed by atoms with Crippen molar-refractivity contribution in [2.45, 2.75) is 0 Å². The van der Waals surface area contributed by atoms with Gasteiger partial charge in [0.2, 0.25) is 0 Å². The summed E-state index contributed by atoms with van der Waals surface area (Å²) in [5, 5.41) is 20.2. The van der Waals surface area contributed by atoms with E-state index >= 15 is 0 Å². The summed E-state index contributed by atoms with van der Waals surface area (Å²) in [5.74, 6) is -3.02. The second-order valence-corrected chi connectivity index (χ2v) is 6.60. The van der Waals surface area contributed by atoms with Crippen LogP contribution < -0.4 is 19.7 Å². The van der Waals surface area contributed by atoms with E-state index < -0.39 is 30.4 Å². The van der Waals surface area contributed by atoms with Crippen LogP contribution in [0.25, 0.3) is 6.08 Å². The Morgan fingerprint density at radius 2 is 1.87 bits per heavy atom. The molecule has 4 amide bonds. The summed E-state index contributed by atoms with van der Waals surface area (Å²) < 4.78 is 10.3. The molecular formula is C20H15ClN2O8. The van der Waals surface area contributed by atoms with Crippen LogP contribution in [0.5, 0.6) is 17.2 Å². The molecule has 1 saturated heterocycles. The molecule has 1 aliphatic rings. The van der Waals surface area contributed by atoms with Gasteiger partial charge < -0.3 is 19.7 Å². The van der Waals surface area contributed by atoms with E-state index in [0.717, 1.165) is 4.90 Å². The lowest BCUT2D eigenvalue weighted by molar-refractivity contribution is -0.139. The van der Waals surface area contributed by atoms with Gasteiger partial charge in [0, 0.05) is 0 Å². The molecule has 0 spiro atoms. The van der Waals surface area contributed by atoms with Gasteiger partial charge in [-0.2, -0.15) is 0 Å². The van der Waals surface area contributed by atoms with Crippen LogP contribution in [0.15, 0.2) is 42.0 Å². The number of aromatic hydroxyl groups is 1. The molecule has 160 valence electrons. The molecule has 2 aromatic carbocycles. The largest absolute Gasteiger partial charge is 0.508 e. The van der Waals surface area contributed by atoms with Gasteiger partial charge in [-0.1, -0.05) is 11.6 Å². The summed E-state index contributed by atoms with van der Waals surface area (Å²) in [7, 11) is 1.31. The van der Waals surface area contributed by atoms with Gasteiger partial charge in [0.25, 0.3) is 11.8 Å². The van der Waals surface area contributed by atoms with E-state index in [1.54, 1.807) is 0 Å². The molecule has 3 rings (SSSR count). The first-order valence-corrected chi connectivity index (χ1v) is 9.01. The van der Waals surface area contributed by atoms with Crippen LogP contribution in [0, 0.1) is 0 Å². The number of rotatable bonds is 6. The number of ether oxygens (including phenoxy) is 2. The van der Waals surface area contributed by atoms with Crippen LogP contribution in [-0.4, -0.2) is 47.7 Å². The second kappa shape index (κ2) is 8.76. The van der Waals surface area contributed by atoms with Gasteiger partial charge in [-0.05, 0) is 48.0 Å². The number of hydrogen-bond donors (Lipinski definition) is 3. The van der Waals surface area contributed by atoms with Crippen LogP contribution in [0.3, 0.4) is 0 Å². The average Bonchev–Trinajstić information content (AvgIpc) is 2.71. The van der Waals surface area contributed by atoms with Gasteiger partial charge >= 0.3 is 12.0 Å². The molecule has 11 heteroatoms. The monoisotopic (exact) mass is 446 g/mol. The number of benzene rings is 2. The number of methoxy groups -OCH3 is 1. The smallest absolute Gasteiger partial charge is 0.341 e. The van der Waals surface area contributed by atoms with E-state index in [1.165, 1.54) is 49.6 Å².